The zero-order valence-electron chi connectivity index (χ0n) is 18.3. The summed E-state index contributed by atoms with van der Waals surface area (Å²) in [5.74, 6) is -1.81. The number of imide groups is 1. The van der Waals surface area contributed by atoms with Crippen LogP contribution in [0.15, 0.2) is 42.6 Å². The zero-order valence-corrected chi connectivity index (χ0v) is 18.3. The van der Waals surface area contributed by atoms with Crippen molar-refractivity contribution in [3.05, 3.63) is 65.1 Å². The Morgan fingerprint density at radius 1 is 1.06 bits per heavy atom. The number of imidazole rings is 1. The van der Waals surface area contributed by atoms with E-state index in [1.807, 2.05) is 0 Å². The first-order chi connectivity index (χ1) is 16.5. The van der Waals surface area contributed by atoms with E-state index < -0.39 is 41.3 Å². The molecule has 0 bridgehead atoms. The second-order valence-corrected chi connectivity index (χ2v) is 8.52. The minimum Gasteiger partial charge on any atom is -0.333 e. The predicted octanol–water partition coefficient (Wildman–Crippen LogP) is 3.67. The molecule has 35 heavy (non-hydrogen) atoms. The molecule has 0 radical (unpaired) electrons. The highest BCUT2D eigenvalue weighted by atomic mass is 19.4. The van der Waals surface area contributed by atoms with E-state index >= 15 is 4.39 Å². The van der Waals surface area contributed by atoms with Crippen LogP contribution in [0.2, 0.25) is 0 Å². The third-order valence-electron chi connectivity index (χ3n) is 6.23. The number of nitrogens with zero attached hydrogens (tertiary/aromatic N) is 3. The lowest BCUT2D eigenvalue weighted by Crippen LogP contribution is -2.52. The molecule has 3 heterocycles. The normalized spacial score (nSPS) is 18.1. The molecule has 7 nitrogen and oxygen atoms in total. The quantitative estimate of drug-likeness (QED) is 0.452. The van der Waals surface area contributed by atoms with Crippen LogP contribution in [-0.4, -0.2) is 38.2 Å². The summed E-state index contributed by atoms with van der Waals surface area (Å²) in [7, 11) is 1.64. The molecule has 1 atom stereocenters. The molecule has 2 aliphatic rings. The molecule has 1 fully saturated rings. The van der Waals surface area contributed by atoms with Gasteiger partial charge in [-0.2, -0.15) is 13.2 Å². The van der Waals surface area contributed by atoms with Gasteiger partial charge in [0.1, 0.15) is 17.7 Å². The standard InChI is InChI=1S/C24H18F4N4O3/c1-31-11-18(29-21(31)12-2-4-14(5-3-12)24(26,27)28)16-8-13-10-32(23(35)15(13)9-17(16)25)19-6-7-20(33)30-22(19)34/h2-5,8-9,11,19H,6-7,10H2,1H3,(H,30,33,34). The number of aryl methyl sites for hydroxylation is 1. The largest absolute Gasteiger partial charge is 0.416 e. The van der Waals surface area contributed by atoms with Gasteiger partial charge in [-0.25, -0.2) is 9.37 Å². The van der Waals surface area contributed by atoms with Gasteiger partial charge < -0.3 is 9.47 Å². The van der Waals surface area contributed by atoms with Gasteiger partial charge in [0.2, 0.25) is 11.8 Å². The van der Waals surface area contributed by atoms with Crippen LogP contribution in [0.5, 0.6) is 0 Å². The van der Waals surface area contributed by atoms with Crippen LogP contribution in [-0.2, 0) is 29.4 Å². The molecule has 0 aliphatic carbocycles. The maximum atomic E-state index is 15.1. The van der Waals surface area contributed by atoms with Gasteiger partial charge in [0, 0.05) is 42.9 Å². The van der Waals surface area contributed by atoms with Crippen LogP contribution in [0.25, 0.3) is 22.6 Å². The number of hydrogen-bond donors (Lipinski definition) is 1. The van der Waals surface area contributed by atoms with Crippen molar-refractivity contribution in [1.82, 2.24) is 19.8 Å². The van der Waals surface area contributed by atoms with E-state index in [1.54, 1.807) is 17.8 Å². The summed E-state index contributed by atoms with van der Waals surface area (Å²) in [6.45, 7) is 0.0757. The van der Waals surface area contributed by atoms with Gasteiger partial charge in [0.05, 0.1) is 11.3 Å². The van der Waals surface area contributed by atoms with E-state index in [9.17, 15) is 27.6 Å². The first-order valence-electron chi connectivity index (χ1n) is 10.7. The van der Waals surface area contributed by atoms with Gasteiger partial charge in [0.25, 0.3) is 5.91 Å². The fraction of sp³-hybridized carbons (Fsp3) is 0.250. The van der Waals surface area contributed by atoms with E-state index in [2.05, 4.69) is 10.3 Å². The minimum absolute atomic E-state index is 0.0757. The van der Waals surface area contributed by atoms with Crippen molar-refractivity contribution in [1.29, 1.82) is 0 Å². The molecule has 5 rings (SSSR count). The van der Waals surface area contributed by atoms with Gasteiger partial charge in [-0.3, -0.25) is 19.7 Å². The third-order valence-corrected chi connectivity index (χ3v) is 6.23. The molecular weight excluding hydrogens is 468 g/mol. The van der Waals surface area contributed by atoms with Crippen molar-refractivity contribution < 1.29 is 31.9 Å². The summed E-state index contributed by atoms with van der Waals surface area (Å²) < 4.78 is 55.2. The number of amides is 3. The van der Waals surface area contributed by atoms with Crippen molar-refractivity contribution in [2.24, 2.45) is 7.05 Å². The second kappa shape index (κ2) is 8.03. The Balaban J connectivity index is 1.45. The third kappa shape index (κ3) is 3.96. The molecule has 0 spiro atoms. The molecule has 1 N–H and O–H groups in total. The highest BCUT2D eigenvalue weighted by Crippen LogP contribution is 2.35. The molecule has 1 aromatic heterocycles. The van der Waals surface area contributed by atoms with Crippen molar-refractivity contribution in [3.63, 3.8) is 0 Å². The Kier molecular flexibility index (Phi) is 5.22. The zero-order chi connectivity index (χ0) is 25.1. The van der Waals surface area contributed by atoms with E-state index in [4.69, 9.17) is 0 Å². The van der Waals surface area contributed by atoms with Crippen LogP contribution in [0.3, 0.4) is 0 Å². The minimum atomic E-state index is -4.46. The number of aromatic nitrogens is 2. The summed E-state index contributed by atoms with van der Waals surface area (Å²) in [5, 5.41) is 2.22. The number of carbonyl (C=O) groups is 3. The summed E-state index contributed by atoms with van der Waals surface area (Å²) in [6.07, 6.45) is -2.61. The molecule has 1 saturated heterocycles. The van der Waals surface area contributed by atoms with Gasteiger partial charge >= 0.3 is 6.18 Å². The molecule has 11 heteroatoms. The van der Waals surface area contributed by atoms with Gasteiger partial charge in [-0.15, -0.1) is 0 Å². The van der Waals surface area contributed by atoms with Crippen molar-refractivity contribution in [2.45, 2.75) is 31.6 Å². The smallest absolute Gasteiger partial charge is 0.333 e. The SMILES string of the molecule is Cn1cc(-c2cc3c(cc2F)C(=O)N(C2CCC(=O)NC2=O)C3)nc1-c1ccc(C(F)(F)F)cc1. The molecule has 3 aromatic rings. The summed E-state index contributed by atoms with van der Waals surface area (Å²) in [5.41, 5.74) is 0.649. The monoisotopic (exact) mass is 486 g/mol. The van der Waals surface area contributed by atoms with Gasteiger partial charge in [-0.1, -0.05) is 12.1 Å². The van der Waals surface area contributed by atoms with Crippen LogP contribution >= 0.6 is 0 Å². The van der Waals surface area contributed by atoms with E-state index in [1.165, 1.54) is 23.1 Å². The lowest BCUT2D eigenvalue weighted by Gasteiger charge is -2.29. The van der Waals surface area contributed by atoms with E-state index in [-0.39, 0.29) is 36.2 Å². The van der Waals surface area contributed by atoms with Crippen molar-refractivity contribution in [3.8, 4) is 22.6 Å². The Hall–Kier alpha value is -4.02. The average molecular weight is 486 g/mol. The average Bonchev–Trinajstić information content (AvgIpc) is 3.33. The number of nitrogens with one attached hydrogen (secondary N) is 1. The summed E-state index contributed by atoms with van der Waals surface area (Å²) >= 11 is 0. The Morgan fingerprint density at radius 2 is 1.77 bits per heavy atom. The maximum Gasteiger partial charge on any atom is 0.416 e. The first kappa shape index (κ1) is 22.8. The fourth-order valence-corrected chi connectivity index (χ4v) is 4.46. The van der Waals surface area contributed by atoms with E-state index in [0.29, 0.717) is 17.0 Å². The van der Waals surface area contributed by atoms with Gasteiger partial charge in [0.15, 0.2) is 0 Å². The number of halogens is 4. The molecule has 3 amide bonds. The number of fused-ring (bicyclic) bond motifs is 1. The van der Waals surface area contributed by atoms with Crippen LogP contribution in [0.1, 0.15) is 34.3 Å². The lowest BCUT2D eigenvalue weighted by molar-refractivity contribution is -0.138. The predicted molar refractivity (Wildman–Crippen MR) is 115 cm³/mol. The van der Waals surface area contributed by atoms with Crippen LogP contribution < -0.4 is 5.32 Å². The van der Waals surface area contributed by atoms with Gasteiger partial charge in [-0.05, 0) is 36.2 Å². The highest BCUT2D eigenvalue weighted by Gasteiger charge is 2.39. The van der Waals surface area contributed by atoms with Crippen LogP contribution in [0, 0.1) is 5.82 Å². The Morgan fingerprint density at radius 3 is 2.43 bits per heavy atom. The molecule has 2 aliphatic heterocycles. The highest BCUT2D eigenvalue weighted by molar-refractivity contribution is 6.05. The number of benzene rings is 2. The lowest BCUT2D eigenvalue weighted by atomic mass is 10.0. The van der Waals surface area contributed by atoms with Crippen molar-refractivity contribution in [2.75, 3.05) is 0 Å². The topological polar surface area (TPSA) is 84.3 Å². The van der Waals surface area contributed by atoms with E-state index in [0.717, 1.165) is 18.2 Å². The number of hydrogen-bond acceptors (Lipinski definition) is 4. The molecule has 0 saturated carbocycles. The molecule has 2 aromatic carbocycles. The molecule has 1 unspecified atom stereocenters. The second-order valence-electron chi connectivity index (χ2n) is 8.52. The fourth-order valence-electron chi connectivity index (χ4n) is 4.46. The molecule has 180 valence electrons. The Bertz CT molecular complexity index is 1380. The summed E-state index contributed by atoms with van der Waals surface area (Å²) in [4.78, 5) is 42.2. The number of carbonyl (C=O) groups excluding carboxylic acids is 3. The Labute approximate surface area is 196 Å². The first-order valence-corrected chi connectivity index (χ1v) is 10.7. The van der Waals surface area contributed by atoms with Crippen LogP contribution in [0.4, 0.5) is 17.6 Å². The molecular formula is C24H18F4N4O3. The summed E-state index contributed by atoms with van der Waals surface area (Å²) in [6, 6.07) is 6.28. The number of piperidine rings is 1. The number of rotatable bonds is 3. The maximum absolute atomic E-state index is 15.1. The number of alkyl halides is 3. The van der Waals surface area contributed by atoms with Crippen molar-refractivity contribution >= 4 is 17.7 Å².